The number of aliphatic carboxylic acids is 2. The van der Waals surface area contributed by atoms with Gasteiger partial charge in [0.15, 0.2) is 0 Å². The Morgan fingerprint density at radius 3 is 1.92 bits per heavy atom. The number of nitrogens with one attached hydrogen (secondary N) is 2. The number of hydrogen-bond donors (Lipinski definition) is 7. The topological polar surface area (TPSA) is 222 Å². The van der Waals surface area contributed by atoms with Gasteiger partial charge >= 0.3 is 11.9 Å². The van der Waals surface area contributed by atoms with Crippen LogP contribution >= 0.6 is 0 Å². The molecule has 0 aliphatic carbocycles. The maximum atomic E-state index is 11.9. The molecule has 0 saturated heterocycles. The minimum Gasteiger partial charge on any atom is -0.481 e. The Morgan fingerprint density at radius 2 is 1.50 bits per heavy atom. The second-order valence-corrected chi connectivity index (χ2v) is 4.85. The molecule has 0 rings (SSSR count). The van der Waals surface area contributed by atoms with E-state index >= 15 is 0 Å². The second kappa shape index (κ2) is 10.1. The second-order valence-electron chi connectivity index (χ2n) is 4.85. The number of carboxylic acids is 2. The SMILES string of the molecule is NC(=O)CC(NC(=O)C(CO)NC(=O)C(N)CCC(=O)O)C(=O)O. The van der Waals surface area contributed by atoms with E-state index in [-0.39, 0.29) is 12.8 Å². The van der Waals surface area contributed by atoms with Crippen LogP contribution in [0.3, 0.4) is 0 Å². The van der Waals surface area contributed by atoms with Gasteiger partial charge in [0.1, 0.15) is 12.1 Å². The lowest BCUT2D eigenvalue weighted by Gasteiger charge is -2.20. The van der Waals surface area contributed by atoms with Gasteiger partial charge in [-0.15, -0.1) is 0 Å². The van der Waals surface area contributed by atoms with E-state index in [4.69, 9.17) is 26.8 Å². The molecular weight excluding hydrogens is 328 g/mol. The van der Waals surface area contributed by atoms with Crippen LogP contribution in [0.25, 0.3) is 0 Å². The summed E-state index contributed by atoms with van der Waals surface area (Å²) in [6, 6.07) is -4.38. The van der Waals surface area contributed by atoms with E-state index in [2.05, 4.69) is 5.32 Å². The van der Waals surface area contributed by atoms with Gasteiger partial charge in [-0.1, -0.05) is 0 Å². The Balaban J connectivity index is 4.73. The number of carbonyl (C=O) groups excluding carboxylic acids is 3. The molecule has 0 aliphatic rings. The van der Waals surface area contributed by atoms with Crippen LogP contribution < -0.4 is 22.1 Å². The Kier molecular flexibility index (Phi) is 8.97. The fourth-order valence-electron chi connectivity index (χ4n) is 1.56. The Morgan fingerprint density at radius 1 is 0.958 bits per heavy atom. The highest BCUT2D eigenvalue weighted by molar-refractivity contribution is 5.93. The number of aliphatic hydroxyl groups excluding tert-OH is 1. The quantitative estimate of drug-likeness (QED) is 0.193. The third-order valence-corrected chi connectivity index (χ3v) is 2.84. The summed E-state index contributed by atoms with van der Waals surface area (Å²) in [6.45, 7) is -0.869. The van der Waals surface area contributed by atoms with Gasteiger partial charge in [0.05, 0.1) is 19.1 Å². The minimum absolute atomic E-state index is 0.194. The third kappa shape index (κ3) is 8.05. The lowest BCUT2D eigenvalue weighted by Crippen LogP contribution is -2.56. The molecule has 3 unspecified atom stereocenters. The van der Waals surface area contributed by atoms with Gasteiger partial charge in [0.2, 0.25) is 17.7 Å². The smallest absolute Gasteiger partial charge is 0.326 e. The monoisotopic (exact) mass is 348 g/mol. The highest BCUT2D eigenvalue weighted by atomic mass is 16.4. The fourth-order valence-corrected chi connectivity index (χ4v) is 1.56. The predicted octanol–water partition coefficient (Wildman–Crippen LogP) is -3.90. The highest BCUT2D eigenvalue weighted by Gasteiger charge is 2.28. The molecule has 0 aromatic carbocycles. The van der Waals surface area contributed by atoms with Gasteiger partial charge in [-0.3, -0.25) is 19.2 Å². The van der Waals surface area contributed by atoms with Crippen molar-refractivity contribution in [2.45, 2.75) is 37.4 Å². The lowest BCUT2D eigenvalue weighted by atomic mass is 10.1. The van der Waals surface area contributed by atoms with Crippen molar-refractivity contribution in [1.29, 1.82) is 0 Å². The number of amides is 3. The largest absolute Gasteiger partial charge is 0.481 e. The highest BCUT2D eigenvalue weighted by Crippen LogP contribution is 1.98. The van der Waals surface area contributed by atoms with E-state index in [9.17, 15) is 24.0 Å². The maximum absolute atomic E-state index is 11.9. The summed E-state index contributed by atoms with van der Waals surface area (Å²) in [5.41, 5.74) is 10.3. The molecule has 0 aromatic heterocycles. The van der Waals surface area contributed by atoms with Gasteiger partial charge in [-0.25, -0.2) is 4.79 Å². The number of hydrogen-bond acceptors (Lipinski definition) is 7. The van der Waals surface area contributed by atoms with Crippen molar-refractivity contribution in [3.05, 3.63) is 0 Å². The Bertz CT molecular complexity index is 509. The number of carbonyl (C=O) groups is 5. The standard InChI is InChI=1S/C12H20N4O8/c13-5(1-2-9(19)20)10(21)16-7(4-17)11(22)15-6(12(23)24)3-8(14)18/h5-7,17H,1-4,13H2,(H2,14,18)(H,15,22)(H,16,21)(H,19,20)(H,23,24). The number of aliphatic hydroxyl groups is 1. The van der Waals surface area contributed by atoms with Crippen LogP contribution in [0.5, 0.6) is 0 Å². The number of rotatable bonds is 11. The first kappa shape index (κ1) is 21.3. The van der Waals surface area contributed by atoms with E-state index in [1.807, 2.05) is 5.32 Å². The zero-order valence-corrected chi connectivity index (χ0v) is 12.6. The molecule has 3 atom stereocenters. The van der Waals surface area contributed by atoms with E-state index in [0.29, 0.717) is 0 Å². The Hall–Kier alpha value is -2.73. The average molecular weight is 348 g/mol. The fraction of sp³-hybridized carbons (Fsp3) is 0.583. The molecule has 0 fully saturated rings. The lowest BCUT2D eigenvalue weighted by molar-refractivity contribution is -0.144. The van der Waals surface area contributed by atoms with Crippen LogP contribution in [-0.4, -0.2) is 69.7 Å². The molecule has 0 radical (unpaired) electrons. The van der Waals surface area contributed by atoms with E-state index < -0.39 is 60.8 Å². The molecule has 0 saturated carbocycles. The molecule has 24 heavy (non-hydrogen) atoms. The van der Waals surface area contributed by atoms with Crippen molar-refractivity contribution in [1.82, 2.24) is 10.6 Å². The van der Waals surface area contributed by atoms with Gasteiger partial charge in [-0.05, 0) is 6.42 Å². The minimum atomic E-state index is -1.62. The molecule has 136 valence electrons. The molecule has 3 amide bonds. The first-order chi connectivity index (χ1) is 11.1. The van der Waals surface area contributed by atoms with Crippen LogP contribution in [0.2, 0.25) is 0 Å². The summed E-state index contributed by atoms with van der Waals surface area (Å²) >= 11 is 0. The number of nitrogens with two attached hydrogens (primary N) is 2. The average Bonchev–Trinajstić information content (AvgIpc) is 2.48. The van der Waals surface area contributed by atoms with Crippen molar-refractivity contribution < 1.29 is 39.3 Å². The molecule has 0 spiro atoms. The zero-order valence-electron chi connectivity index (χ0n) is 12.6. The van der Waals surface area contributed by atoms with E-state index in [0.717, 1.165) is 0 Å². The normalized spacial score (nSPS) is 14.1. The third-order valence-electron chi connectivity index (χ3n) is 2.84. The predicted molar refractivity (Wildman–Crippen MR) is 77.2 cm³/mol. The Labute approximate surface area is 136 Å². The molecule has 9 N–H and O–H groups in total. The van der Waals surface area contributed by atoms with Crippen molar-refractivity contribution >= 4 is 29.7 Å². The van der Waals surface area contributed by atoms with Crippen molar-refractivity contribution in [3.63, 3.8) is 0 Å². The molecule has 12 heteroatoms. The number of carboxylic acid groups (broad SMARTS) is 2. The van der Waals surface area contributed by atoms with Crippen LogP contribution in [0.1, 0.15) is 19.3 Å². The van der Waals surface area contributed by atoms with Crippen molar-refractivity contribution in [2.75, 3.05) is 6.61 Å². The van der Waals surface area contributed by atoms with Crippen LogP contribution in [-0.2, 0) is 24.0 Å². The molecular formula is C12H20N4O8. The van der Waals surface area contributed by atoms with Crippen molar-refractivity contribution in [3.8, 4) is 0 Å². The molecule has 0 heterocycles. The summed E-state index contributed by atoms with van der Waals surface area (Å²) < 4.78 is 0. The van der Waals surface area contributed by atoms with Crippen molar-refractivity contribution in [2.24, 2.45) is 11.5 Å². The summed E-state index contributed by atoms with van der Waals surface area (Å²) in [5.74, 6) is -5.62. The summed E-state index contributed by atoms with van der Waals surface area (Å²) in [7, 11) is 0. The summed E-state index contributed by atoms with van der Waals surface area (Å²) in [4.78, 5) is 55.6. The molecule has 0 bridgehead atoms. The molecule has 12 nitrogen and oxygen atoms in total. The van der Waals surface area contributed by atoms with Gasteiger partial charge < -0.3 is 37.4 Å². The molecule has 0 aliphatic heterocycles. The number of primary amides is 1. The zero-order chi connectivity index (χ0) is 18.9. The summed E-state index contributed by atoms with van der Waals surface area (Å²) in [5, 5.41) is 30.5. The van der Waals surface area contributed by atoms with E-state index in [1.54, 1.807) is 0 Å². The molecule has 0 aromatic rings. The van der Waals surface area contributed by atoms with Gasteiger partial charge in [-0.2, -0.15) is 0 Å². The van der Waals surface area contributed by atoms with Crippen LogP contribution in [0.15, 0.2) is 0 Å². The van der Waals surface area contributed by atoms with E-state index in [1.165, 1.54) is 0 Å². The van der Waals surface area contributed by atoms with Gasteiger partial charge in [0.25, 0.3) is 0 Å². The van der Waals surface area contributed by atoms with Gasteiger partial charge in [0, 0.05) is 6.42 Å². The first-order valence-corrected chi connectivity index (χ1v) is 6.78. The van der Waals surface area contributed by atoms with Crippen LogP contribution in [0.4, 0.5) is 0 Å². The summed E-state index contributed by atoms with van der Waals surface area (Å²) in [6.07, 6.45) is -1.24. The van der Waals surface area contributed by atoms with Crippen LogP contribution in [0, 0.1) is 0 Å². The maximum Gasteiger partial charge on any atom is 0.326 e. The first-order valence-electron chi connectivity index (χ1n) is 6.78.